The minimum Gasteiger partial charge on any atom is -0.347 e. The maximum absolute atomic E-state index is 4.79. The second kappa shape index (κ2) is 8.51. The zero-order valence-corrected chi connectivity index (χ0v) is 13.8. The molecule has 0 amide bonds. The number of thiazole rings is 1. The highest BCUT2D eigenvalue weighted by Crippen LogP contribution is 2.24. The van der Waals surface area contributed by atoms with Gasteiger partial charge in [0.2, 0.25) is 0 Å². The maximum Gasteiger partial charge on any atom is 0.185 e. The normalized spacial score (nSPS) is 12.9. The van der Waals surface area contributed by atoms with Crippen molar-refractivity contribution in [2.75, 3.05) is 45.2 Å². The zero-order chi connectivity index (χ0) is 14.3. The first-order chi connectivity index (χ1) is 9.08. The Morgan fingerprint density at radius 3 is 2.58 bits per heavy atom. The molecule has 1 aromatic rings. The van der Waals surface area contributed by atoms with Crippen LogP contribution in [0.15, 0.2) is 5.38 Å². The molecule has 0 aliphatic heterocycles. The van der Waals surface area contributed by atoms with Gasteiger partial charge in [-0.1, -0.05) is 13.8 Å². The summed E-state index contributed by atoms with van der Waals surface area (Å²) >= 11 is 1.76. The largest absolute Gasteiger partial charge is 0.347 e. The fourth-order valence-electron chi connectivity index (χ4n) is 1.92. The summed E-state index contributed by atoms with van der Waals surface area (Å²) in [7, 11) is 4.23. The van der Waals surface area contributed by atoms with E-state index in [0.29, 0.717) is 6.04 Å². The summed E-state index contributed by atoms with van der Waals surface area (Å²) in [5, 5.41) is 6.75. The maximum atomic E-state index is 4.79. The first kappa shape index (κ1) is 16.4. The van der Waals surface area contributed by atoms with E-state index in [1.54, 1.807) is 11.3 Å². The van der Waals surface area contributed by atoms with Crippen molar-refractivity contribution in [1.29, 1.82) is 0 Å². The number of anilines is 1. The molecule has 1 atom stereocenters. The van der Waals surface area contributed by atoms with Crippen LogP contribution in [0.4, 0.5) is 5.13 Å². The van der Waals surface area contributed by atoms with Crippen LogP contribution in [-0.2, 0) is 0 Å². The highest BCUT2D eigenvalue weighted by Gasteiger charge is 2.13. The first-order valence-electron chi connectivity index (χ1n) is 7.16. The lowest BCUT2D eigenvalue weighted by Crippen LogP contribution is -2.32. The Labute approximate surface area is 121 Å². The Morgan fingerprint density at radius 2 is 2.00 bits per heavy atom. The molecule has 0 fully saturated rings. The lowest BCUT2D eigenvalue weighted by Gasteiger charge is -2.23. The van der Waals surface area contributed by atoms with Gasteiger partial charge in [0.15, 0.2) is 5.13 Å². The second-order valence-corrected chi connectivity index (χ2v) is 5.96. The van der Waals surface area contributed by atoms with E-state index in [0.717, 1.165) is 43.4 Å². The van der Waals surface area contributed by atoms with E-state index >= 15 is 0 Å². The Kier molecular flexibility index (Phi) is 7.34. The number of rotatable bonds is 9. The average Bonchev–Trinajstić information content (AvgIpc) is 2.84. The van der Waals surface area contributed by atoms with Gasteiger partial charge in [-0.2, -0.15) is 0 Å². The van der Waals surface area contributed by atoms with Gasteiger partial charge in [-0.25, -0.2) is 4.98 Å². The van der Waals surface area contributed by atoms with Crippen molar-refractivity contribution in [1.82, 2.24) is 15.2 Å². The van der Waals surface area contributed by atoms with Gasteiger partial charge in [-0.3, -0.25) is 0 Å². The Hall–Kier alpha value is -0.650. The molecule has 0 aliphatic carbocycles. The minimum atomic E-state index is 0.340. The molecule has 0 aromatic carbocycles. The number of nitrogens with zero attached hydrogens (tertiary/aromatic N) is 3. The van der Waals surface area contributed by atoms with Crippen LogP contribution in [0.5, 0.6) is 0 Å². The predicted octanol–water partition coefficient (Wildman–Crippen LogP) is 2.59. The molecule has 19 heavy (non-hydrogen) atoms. The third-order valence-corrected chi connectivity index (χ3v) is 3.96. The fraction of sp³-hybridized carbons (Fsp3) is 0.786. The van der Waals surface area contributed by atoms with Crippen molar-refractivity contribution in [3.05, 3.63) is 11.1 Å². The Balaban J connectivity index is 2.68. The summed E-state index contributed by atoms with van der Waals surface area (Å²) in [4.78, 5) is 9.41. The van der Waals surface area contributed by atoms with Crippen LogP contribution in [0, 0.1) is 0 Å². The standard InChI is InChI=1S/C14H28N4S/c1-6-8-18(10-9-17(4)5)14-16-13(11-19-14)12(3)15-7-2/h11-12,15H,6-10H2,1-5H3. The Morgan fingerprint density at radius 1 is 1.26 bits per heavy atom. The zero-order valence-electron chi connectivity index (χ0n) is 12.9. The van der Waals surface area contributed by atoms with E-state index in [1.807, 2.05) is 0 Å². The molecular formula is C14H28N4S. The number of nitrogens with one attached hydrogen (secondary N) is 1. The summed E-state index contributed by atoms with van der Waals surface area (Å²) in [6.45, 7) is 10.7. The molecule has 1 unspecified atom stereocenters. The molecule has 0 saturated heterocycles. The van der Waals surface area contributed by atoms with Crippen LogP contribution in [0.3, 0.4) is 0 Å². The van der Waals surface area contributed by atoms with Gasteiger partial charge in [-0.15, -0.1) is 11.3 Å². The van der Waals surface area contributed by atoms with Gasteiger partial charge in [0.05, 0.1) is 5.69 Å². The van der Waals surface area contributed by atoms with Crippen LogP contribution in [0.1, 0.15) is 38.9 Å². The van der Waals surface area contributed by atoms with E-state index in [4.69, 9.17) is 4.98 Å². The third kappa shape index (κ3) is 5.47. The summed E-state index contributed by atoms with van der Waals surface area (Å²) in [5.74, 6) is 0. The lowest BCUT2D eigenvalue weighted by atomic mass is 10.2. The fourth-order valence-corrected chi connectivity index (χ4v) is 2.90. The summed E-state index contributed by atoms with van der Waals surface area (Å²) in [6, 6.07) is 0.340. The van der Waals surface area contributed by atoms with Gasteiger partial charge in [0.1, 0.15) is 0 Å². The molecule has 110 valence electrons. The molecule has 1 N–H and O–H groups in total. The van der Waals surface area contributed by atoms with Crippen LogP contribution in [-0.4, -0.2) is 50.2 Å². The molecule has 0 radical (unpaired) electrons. The van der Waals surface area contributed by atoms with E-state index in [2.05, 4.69) is 55.4 Å². The van der Waals surface area contributed by atoms with Gasteiger partial charge >= 0.3 is 0 Å². The first-order valence-corrected chi connectivity index (χ1v) is 8.04. The smallest absolute Gasteiger partial charge is 0.185 e. The highest BCUT2D eigenvalue weighted by molar-refractivity contribution is 7.13. The third-order valence-electron chi connectivity index (χ3n) is 3.04. The SMILES string of the molecule is CCCN(CCN(C)C)c1nc(C(C)NCC)cs1. The van der Waals surface area contributed by atoms with Gasteiger partial charge in [0.25, 0.3) is 0 Å². The Bertz CT molecular complexity index is 351. The molecule has 4 nitrogen and oxygen atoms in total. The number of hydrogen-bond acceptors (Lipinski definition) is 5. The minimum absolute atomic E-state index is 0.340. The van der Waals surface area contributed by atoms with Crippen LogP contribution >= 0.6 is 11.3 Å². The monoisotopic (exact) mass is 284 g/mol. The molecule has 1 heterocycles. The van der Waals surface area contributed by atoms with E-state index in [-0.39, 0.29) is 0 Å². The topological polar surface area (TPSA) is 31.4 Å². The molecule has 1 aromatic heterocycles. The number of likely N-dealkylation sites (N-methyl/N-ethyl adjacent to an activating group) is 1. The number of hydrogen-bond donors (Lipinski definition) is 1. The van der Waals surface area contributed by atoms with E-state index in [1.165, 1.54) is 0 Å². The van der Waals surface area contributed by atoms with Crippen LogP contribution in [0.25, 0.3) is 0 Å². The van der Waals surface area contributed by atoms with Crippen molar-refractivity contribution >= 4 is 16.5 Å². The van der Waals surface area contributed by atoms with Crippen molar-refractivity contribution in [2.45, 2.75) is 33.2 Å². The molecule has 0 bridgehead atoms. The van der Waals surface area contributed by atoms with Crippen molar-refractivity contribution in [2.24, 2.45) is 0 Å². The summed E-state index contributed by atoms with van der Waals surface area (Å²) < 4.78 is 0. The number of aromatic nitrogens is 1. The van der Waals surface area contributed by atoms with Gasteiger partial charge < -0.3 is 15.1 Å². The second-order valence-electron chi connectivity index (χ2n) is 5.12. The van der Waals surface area contributed by atoms with Crippen molar-refractivity contribution in [3.8, 4) is 0 Å². The predicted molar refractivity (Wildman–Crippen MR) is 85.3 cm³/mol. The quantitative estimate of drug-likeness (QED) is 0.755. The molecule has 0 saturated carbocycles. The average molecular weight is 284 g/mol. The van der Waals surface area contributed by atoms with E-state index < -0.39 is 0 Å². The van der Waals surface area contributed by atoms with Gasteiger partial charge in [-0.05, 0) is 34.0 Å². The molecule has 0 spiro atoms. The summed E-state index contributed by atoms with van der Waals surface area (Å²) in [5.41, 5.74) is 1.16. The van der Waals surface area contributed by atoms with E-state index in [9.17, 15) is 0 Å². The molecular weight excluding hydrogens is 256 g/mol. The van der Waals surface area contributed by atoms with Crippen molar-refractivity contribution in [3.63, 3.8) is 0 Å². The van der Waals surface area contributed by atoms with Crippen molar-refractivity contribution < 1.29 is 0 Å². The van der Waals surface area contributed by atoms with Gasteiger partial charge in [0, 0.05) is 31.1 Å². The summed E-state index contributed by atoms with van der Waals surface area (Å²) in [6.07, 6.45) is 1.16. The van der Waals surface area contributed by atoms with Crippen LogP contribution < -0.4 is 10.2 Å². The molecule has 0 aliphatic rings. The van der Waals surface area contributed by atoms with Crippen LogP contribution in [0.2, 0.25) is 0 Å². The lowest BCUT2D eigenvalue weighted by molar-refractivity contribution is 0.413. The highest BCUT2D eigenvalue weighted by atomic mass is 32.1. The molecule has 1 rings (SSSR count). The molecule has 5 heteroatoms.